The average Bonchev–Trinajstić information content (AvgIpc) is 3.13. The van der Waals surface area contributed by atoms with Gasteiger partial charge in [-0.15, -0.1) is 0 Å². The lowest BCUT2D eigenvalue weighted by Gasteiger charge is -2.25. The van der Waals surface area contributed by atoms with E-state index >= 15 is 4.57 Å². The Kier molecular flexibility index (Phi) is 24.5. The molecular weight excluding hydrogens is 728 g/mol. The minimum absolute atomic E-state index is 0. The minimum atomic E-state index is -4.12. The number of hydrogen-bond donors (Lipinski definition) is 0. The molecule has 0 aromatic heterocycles. The molecule has 312 valence electrons. The van der Waals surface area contributed by atoms with Crippen molar-refractivity contribution in [3.05, 3.63) is 67.8 Å². The molecular formula is C46H75O7PS. The number of unbranched alkanes of at least 4 members (excludes halogenated alkanes) is 6. The SMILES string of the molecule is CCCCC.CCCCCCP(=O)(C(=O)c1c(C)cc(C)cc1C)C(=O)c1c(C)c(COC)c(C)c(COC(=O)CCCCC(=O)C(C)(CC)CC)c1C.S. The maximum absolute atomic E-state index is 15.1. The van der Waals surface area contributed by atoms with Crippen LogP contribution in [0.15, 0.2) is 12.1 Å². The number of carbonyl (C=O) groups is 4. The molecule has 0 heterocycles. The molecule has 1 atom stereocenters. The zero-order valence-corrected chi connectivity index (χ0v) is 38.7. The second-order valence-corrected chi connectivity index (χ2v) is 18.2. The van der Waals surface area contributed by atoms with E-state index in [1.165, 1.54) is 19.3 Å². The molecule has 0 N–H and O–H groups in total. The third kappa shape index (κ3) is 14.4. The minimum Gasteiger partial charge on any atom is -0.461 e. The molecule has 0 saturated carbocycles. The number of hydrogen-bond acceptors (Lipinski definition) is 7. The number of benzene rings is 2. The molecule has 0 saturated heterocycles. The molecule has 0 fully saturated rings. The van der Waals surface area contributed by atoms with Gasteiger partial charge in [-0.3, -0.25) is 19.2 Å². The first-order valence-corrected chi connectivity index (χ1v) is 22.4. The van der Waals surface area contributed by atoms with Crippen molar-refractivity contribution in [1.29, 1.82) is 0 Å². The summed E-state index contributed by atoms with van der Waals surface area (Å²) < 4.78 is 26.3. The molecule has 1 unspecified atom stereocenters. The fraction of sp³-hybridized carbons (Fsp3) is 0.652. The van der Waals surface area contributed by atoms with Gasteiger partial charge >= 0.3 is 5.97 Å². The first-order valence-electron chi connectivity index (χ1n) is 20.5. The van der Waals surface area contributed by atoms with Crippen LogP contribution in [0.25, 0.3) is 0 Å². The molecule has 0 amide bonds. The van der Waals surface area contributed by atoms with Crippen molar-refractivity contribution in [1.82, 2.24) is 0 Å². The second-order valence-electron chi connectivity index (χ2n) is 15.5. The number of ketones is 1. The van der Waals surface area contributed by atoms with Gasteiger partial charge in [0.2, 0.25) is 18.2 Å². The Morgan fingerprint density at radius 3 is 1.60 bits per heavy atom. The van der Waals surface area contributed by atoms with E-state index in [0.717, 1.165) is 48.8 Å². The highest BCUT2D eigenvalue weighted by atomic mass is 32.1. The van der Waals surface area contributed by atoms with E-state index in [0.29, 0.717) is 59.1 Å². The van der Waals surface area contributed by atoms with Gasteiger partial charge in [0.15, 0.2) is 0 Å². The van der Waals surface area contributed by atoms with Gasteiger partial charge in [-0.2, -0.15) is 13.5 Å². The lowest BCUT2D eigenvalue weighted by molar-refractivity contribution is -0.145. The number of ether oxygens (including phenoxy) is 2. The van der Waals surface area contributed by atoms with E-state index in [2.05, 4.69) is 20.8 Å². The maximum Gasteiger partial charge on any atom is 0.306 e. The fourth-order valence-electron chi connectivity index (χ4n) is 7.24. The van der Waals surface area contributed by atoms with Crippen molar-refractivity contribution in [2.75, 3.05) is 13.3 Å². The van der Waals surface area contributed by atoms with Crippen LogP contribution in [0.5, 0.6) is 0 Å². The first-order chi connectivity index (χ1) is 25.5. The second kappa shape index (κ2) is 25.7. The average molecular weight is 803 g/mol. The van der Waals surface area contributed by atoms with Crippen LogP contribution in [-0.4, -0.2) is 36.1 Å². The Labute approximate surface area is 341 Å². The summed E-state index contributed by atoms with van der Waals surface area (Å²) in [5.74, 6) is -0.155. The summed E-state index contributed by atoms with van der Waals surface area (Å²) in [7, 11) is -2.55. The van der Waals surface area contributed by atoms with E-state index in [1.54, 1.807) is 14.0 Å². The van der Waals surface area contributed by atoms with Gasteiger partial charge in [0.1, 0.15) is 12.4 Å². The zero-order valence-electron chi connectivity index (χ0n) is 36.8. The summed E-state index contributed by atoms with van der Waals surface area (Å²) in [4.78, 5) is 54.6. The monoisotopic (exact) mass is 802 g/mol. The van der Waals surface area contributed by atoms with Gasteiger partial charge in [-0.05, 0) is 113 Å². The molecule has 0 bridgehead atoms. The molecule has 7 nitrogen and oxygen atoms in total. The van der Waals surface area contributed by atoms with Gasteiger partial charge in [0.05, 0.1) is 6.61 Å². The molecule has 0 spiro atoms. The molecule has 0 radical (unpaired) electrons. The van der Waals surface area contributed by atoms with Crippen molar-refractivity contribution in [3.8, 4) is 0 Å². The number of methoxy groups -OCH3 is 1. The van der Waals surface area contributed by atoms with Crippen LogP contribution in [0, 0.1) is 47.0 Å². The maximum atomic E-state index is 15.1. The van der Waals surface area contributed by atoms with Crippen molar-refractivity contribution in [2.45, 2.75) is 180 Å². The topological polar surface area (TPSA) is 104 Å². The Morgan fingerprint density at radius 1 is 0.636 bits per heavy atom. The number of aryl methyl sites for hydroxylation is 3. The first kappa shape index (κ1) is 52.5. The number of Topliss-reactive ketones (excluding diaryl/α,β-unsaturated/α-hetero) is 1. The van der Waals surface area contributed by atoms with Crippen molar-refractivity contribution in [3.63, 3.8) is 0 Å². The summed E-state index contributed by atoms with van der Waals surface area (Å²) in [6.07, 6.45) is 10.6. The number of rotatable bonds is 23. The van der Waals surface area contributed by atoms with Gasteiger partial charge in [-0.1, -0.05) is 97.8 Å². The van der Waals surface area contributed by atoms with E-state index in [4.69, 9.17) is 9.47 Å². The smallest absolute Gasteiger partial charge is 0.306 e. The van der Waals surface area contributed by atoms with Gasteiger partial charge < -0.3 is 14.0 Å². The van der Waals surface area contributed by atoms with Crippen LogP contribution >= 0.6 is 20.6 Å². The molecule has 2 aromatic carbocycles. The fourth-order valence-corrected chi connectivity index (χ4v) is 9.91. The summed E-state index contributed by atoms with van der Waals surface area (Å²) in [6.45, 7) is 23.8. The third-order valence-corrected chi connectivity index (χ3v) is 14.0. The highest BCUT2D eigenvalue weighted by molar-refractivity contribution is 7.95. The molecule has 0 aliphatic carbocycles. The van der Waals surface area contributed by atoms with Gasteiger partial charge in [0, 0.05) is 42.7 Å². The Morgan fingerprint density at radius 2 is 1.13 bits per heavy atom. The highest BCUT2D eigenvalue weighted by Crippen LogP contribution is 2.55. The molecule has 55 heavy (non-hydrogen) atoms. The zero-order chi connectivity index (χ0) is 41.2. The lowest BCUT2D eigenvalue weighted by Crippen LogP contribution is -2.26. The van der Waals surface area contributed by atoms with Gasteiger partial charge in [0.25, 0.3) is 0 Å². The summed E-state index contributed by atoms with van der Waals surface area (Å²) >= 11 is 0. The van der Waals surface area contributed by atoms with E-state index in [1.807, 2.05) is 67.5 Å². The molecule has 2 rings (SSSR count). The largest absolute Gasteiger partial charge is 0.461 e. The molecule has 0 aliphatic heterocycles. The van der Waals surface area contributed by atoms with Crippen LogP contribution < -0.4 is 0 Å². The third-order valence-electron chi connectivity index (χ3n) is 11.3. The standard InChI is InChI=1S/C41H61O7P.C5H12.H2S/c1-12-15-16-19-22-49(46,39(44)37-28(5)23-27(4)24-29(37)6)40(45)38-31(8)33(25-47-11)30(7)34(32(38)9)26-48-36(43)21-18-17-20-35(42)41(10,13-2)14-3;1-3-5-4-2;/h23-24H,12-22,25-26H2,1-11H3;3-5H2,1-2H3;1H2. The Bertz CT molecular complexity index is 1600. The Balaban J connectivity index is 0.00000454. The normalized spacial score (nSPS) is 12.2. The predicted molar refractivity (Wildman–Crippen MR) is 235 cm³/mol. The quantitative estimate of drug-likeness (QED) is 0.0626. The van der Waals surface area contributed by atoms with Crippen molar-refractivity contribution >= 4 is 43.4 Å². The van der Waals surface area contributed by atoms with Crippen LogP contribution in [0.2, 0.25) is 0 Å². The molecule has 2 aromatic rings. The van der Waals surface area contributed by atoms with Crippen LogP contribution in [0.1, 0.15) is 190 Å². The van der Waals surface area contributed by atoms with E-state index in [-0.39, 0.29) is 62.0 Å². The molecule has 9 heteroatoms. The van der Waals surface area contributed by atoms with Crippen molar-refractivity contribution in [2.24, 2.45) is 5.41 Å². The van der Waals surface area contributed by atoms with Crippen LogP contribution in [-0.2, 0) is 36.8 Å². The Hall–Kier alpha value is -2.54. The number of carbonyl (C=O) groups excluding carboxylic acids is 4. The predicted octanol–water partition coefficient (Wildman–Crippen LogP) is 12.9. The van der Waals surface area contributed by atoms with Crippen LogP contribution in [0.3, 0.4) is 0 Å². The highest BCUT2D eigenvalue weighted by Gasteiger charge is 2.43. The van der Waals surface area contributed by atoms with Crippen LogP contribution in [0.4, 0.5) is 0 Å². The summed E-state index contributed by atoms with van der Waals surface area (Å²) in [5, 5.41) is 0. The summed E-state index contributed by atoms with van der Waals surface area (Å²) in [5.41, 5.74) is 4.93. The lowest BCUT2D eigenvalue weighted by atomic mass is 9.78. The number of esters is 1. The summed E-state index contributed by atoms with van der Waals surface area (Å²) in [6, 6.07) is 3.78. The van der Waals surface area contributed by atoms with Gasteiger partial charge in [-0.25, -0.2) is 0 Å². The molecule has 0 aliphatic rings. The van der Waals surface area contributed by atoms with E-state index in [9.17, 15) is 19.2 Å². The van der Waals surface area contributed by atoms with E-state index < -0.39 is 18.2 Å². The van der Waals surface area contributed by atoms with Crippen molar-refractivity contribution < 1.29 is 33.2 Å².